The van der Waals surface area contributed by atoms with Crippen molar-refractivity contribution in [1.29, 1.82) is 0 Å². The Balaban J connectivity index is 2.06. The number of methoxy groups -OCH3 is 1. The summed E-state index contributed by atoms with van der Waals surface area (Å²) in [6.07, 6.45) is 5.50. The summed E-state index contributed by atoms with van der Waals surface area (Å²) in [6, 6.07) is 5.56. The molecule has 2 heterocycles. The standard InChI is InChI=1S/C15H18N4O/c1-20-13-9-5-8-12(17-13)15-18-11-7-4-2-3-6-10(11)14(16)19-15/h5,8-9H,2-4,6-7H2,1H3,(H2,16,18,19). The topological polar surface area (TPSA) is 73.9 Å². The molecule has 0 saturated carbocycles. The van der Waals surface area contributed by atoms with E-state index in [1.807, 2.05) is 12.1 Å². The smallest absolute Gasteiger partial charge is 0.213 e. The van der Waals surface area contributed by atoms with Crippen molar-refractivity contribution in [2.24, 2.45) is 0 Å². The largest absolute Gasteiger partial charge is 0.481 e. The fraction of sp³-hybridized carbons (Fsp3) is 0.400. The normalized spacial score (nSPS) is 14.4. The average Bonchev–Trinajstić information content (AvgIpc) is 2.73. The molecule has 5 nitrogen and oxygen atoms in total. The van der Waals surface area contributed by atoms with E-state index >= 15 is 0 Å². The van der Waals surface area contributed by atoms with E-state index in [1.54, 1.807) is 13.2 Å². The van der Waals surface area contributed by atoms with E-state index < -0.39 is 0 Å². The zero-order chi connectivity index (χ0) is 13.9. The number of anilines is 1. The van der Waals surface area contributed by atoms with Gasteiger partial charge in [0.1, 0.15) is 11.5 Å². The monoisotopic (exact) mass is 270 g/mol. The number of aryl methyl sites for hydroxylation is 1. The zero-order valence-electron chi connectivity index (χ0n) is 11.6. The third-order valence-corrected chi connectivity index (χ3v) is 3.63. The third kappa shape index (κ3) is 2.43. The fourth-order valence-electron chi connectivity index (χ4n) is 2.57. The highest BCUT2D eigenvalue weighted by Crippen LogP contribution is 2.26. The molecule has 0 spiro atoms. The molecule has 2 aromatic rings. The van der Waals surface area contributed by atoms with Crippen molar-refractivity contribution >= 4 is 5.82 Å². The van der Waals surface area contributed by atoms with Crippen LogP contribution < -0.4 is 10.5 Å². The van der Waals surface area contributed by atoms with Gasteiger partial charge in [0.2, 0.25) is 5.88 Å². The highest BCUT2D eigenvalue weighted by atomic mass is 16.5. The maximum Gasteiger partial charge on any atom is 0.213 e. The molecule has 0 amide bonds. The lowest BCUT2D eigenvalue weighted by Crippen LogP contribution is -2.07. The summed E-state index contributed by atoms with van der Waals surface area (Å²) in [5, 5.41) is 0. The summed E-state index contributed by atoms with van der Waals surface area (Å²) in [6.45, 7) is 0. The van der Waals surface area contributed by atoms with Gasteiger partial charge < -0.3 is 10.5 Å². The summed E-state index contributed by atoms with van der Waals surface area (Å²) in [5.74, 6) is 1.73. The molecule has 2 N–H and O–H groups in total. The first kappa shape index (κ1) is 12.8. The number of fused-ring (bicyclic) bond motifs is 1. The molecule has 5 heteroatoms. The molecular weight excluding hydrogens is 252 g/mol. The van der Waals surface area contributed by atoms with Crippen LogP contribution in [0.25, 0.3) is 11.5 Å². The molecule has 20 heavy (non-hydrogen) atoms. The van der Waals surface area contributed by atoms with Crippen molar-refractivity contribution in [2.45, 2.75) is 32.1 Å². The molecule has 0 aromatic carbocycles. The second-order valence-corrected chi connectivity index (χ2v) is 4.98. The van der Waals surface area contributed by atoms with Gasteiger partial charge in [-0.3, -0.25) is 0 Å². The van der Waals surface area contributed by atoms with Crippen LogP contribution in [0.2, 0.25) is 0 Å². The van der Waals surface area contributed by atoms with E-state index in [0.29, 0.717) is 23.2 Å². The van der Waals surface area contributed by atoms with Crippen LogP contribution in [0.3, 0.4) is 0 Å². The van der Waals surface area contributed by atoms with Crippen LogP contribution in [-0.2, 0) is 12.8 Å². The number of rotatable bonds is 2. The van der Waals surface area contributed by atoms with Crippen LogP contribution in [0.15, 0.2) is 18.2 Å². The Morgan fingerprint density at radius 2 is 1.90 bits per heavy atom. The van der Waals surface area contributed by atoms with Crippen molar-refractivity contribution in [2.75, 3.05) is 12.8 Å². The molecule has 1 aliphatic carbocycles. The van der Waals surface area contributed by atoms with Crippen LogP contribution in [0.4, 0.5) is 5.82 Å². The Morgan fingerprint density at radius 3 is 2.75 bits per heavy atom. The van der Waals surface area contributed by atoms with Crippen molar-refractivity contribution in [1.82, 2.24) is 15.0 Å². The SMILES string of the molecule is COc1cccc(-c2nc(N)c3c(n2)CCCCC3)n1. The third-order valence-electron chi connectivity index (χ3n) is 3.63. The number of hydrogen-bond acceptors (Lipinski definition) is 5. The number of nitrogens with two attached hydrogens (primary N) is 1. The van der Waals surface area contributed by atoms with Gasteiger partial charge in [0.05, 0.1) is 7.11 Å². The van der Waals surface area contributed by atoms with E-state index in [-0.39, 0.29) is 0 Å². The maximum atomic E-state index is 6.11. The van der Waals surface area contributed by atoms with E-state index in [0.717, 1.165) is 36.9 Å². The first-order valence-electron chi connectivity index (χ1n) is 6.94. The van der Waals surface area contributed by atoms with E-state index in [1.165, 1.54) is 6.42 Å². The predicted octanol–water partition coefficient (Wildman–Crippen LogP) is 2.40. The lowest BCUT2D eigenvalue weighted by atomic mass is 10.1. The van der Waals surface area contributed by atoms with Gasteiger partial charge in [-0.25, -0.2) is 15.0 Å². The quantitative estimate of drug-likeness (QED) is 0.848. The van der Waals surface area contributed by atoms with Gasteiger partial charge in [-0.1, -0.05) is 12.5 Å². The summed E-state index contributed by atoms with van der Waals surface area (Å²) in [4.78, 5) is 13.5. The van der Waals surface area contributed by atoms with Crippen LogP contribution >= 0.6 is 0 Å². The van der Waals surface area contributed by atoms with E-state index in [9.17, 15) is 0 Å². The van der Waals surface area contributed by atoms with E-state index in [4.69, 9.17) is 10.5 Å². The Bertz CT molecular complexity index is 627. The summed E-state index contributed by atoms with van der Waals surface area (Å²) in [5.41, 5.74) is 9.00. The Labute approximate surface area is 118 Å². The van der Waals surface area contributed by atoms with Gasteiger partial charge >= 0.3 is 0 Å². The zero-order valence-corrected chi connectivity index (χ0v) is 11.6. The molecule has 0 fully saturated rings. The molecule has 0 unspecified atom stereocenters. The fourth-order valence-corrected chi connectivity index (χ4v) is 2.57. The van der Waals surface area contributed by atoms with Crippen LogP contribution in [0, 0.1) is 0 Å². The number of ether oxygens (including phenoxy) is 1. The van der Waals surface area contributed by atoms with Crippen molar-refractivity contribution in [3.63, 3.8) is 0 Å². The molecule has 2 aromatic heterocycles. The Hall–Kier alpha value is -2.17. The molecule has 104 valence electrons. The second kappa shape index (κ2) is 5.45. The summed E-state index contributed by atoms with van der Waals surface area (Å²) >= 11 is 0. The lowest BCUT2D eigenvalue weighted by Gasteiger charge is -2.10. The minimum atomic E-state index is 0.555. The molecule has 0 bridgehead atoms. The maximum absolute atomic E-state index is 6.11. The molecule has 1 aliphatic rings. The number of pyridine rings is 1. The predicted molar refractivity (Wildman–Crippen MR) is 77.5 cm³/mol. The number of nitrogen functional groups attached to an aromatic ring is 1. The molecular formula is C15H18N4O. The van der Waals surface area contributed by atoms with Gasteiger partial charge in [0.15, 0.2) is 5.82 Å². The van der Waals surface area contributed by atoms with Gasteiger partial charge in [-0.05, 0) is 31.7 Å². The lowest BCUT2D eigenvalue weighted by molar-refractivity contribution is 0.398. The Kier molecular flexibility index (Phi) is 3.50. The highest BCUT2D eigenvalue weighted by Gasteiger charge is 2.16. The molecule has 0 saturated heterocycles. The van der Waals surface area contributed by atoms with Gasteiger partial charge in [0, 0.05) is 17.3 Å². The molecule has 0 radical (unpaired) electrons. The second-order valence-electron chi connectivity index (χ2n) is 4.98. The number of hydrogen-bond donors (Lipinski definition) is 1. The van der Waals surface area contributed by atoms with Crippen molar-refractivity contribution < 1.29 is 4.74 Å². The van der Waals surface area contributed by atoms with Crippen LogP contribution in [-0.4, -0.2) is 22.1 Å². The first-order valence-corrected chi connectivity index (χ1v) is 6.94. The molecule has 0 atom stereocenters. The average molecular weight is 270 g/mol. The molecule has 0 aliphatic heterocycles. The number of aromatic nitrogens is 3. The van der Waals surface area contributed by atoms with Crippen molar-refractivity contribution in [3.05, 3.63) is 29.5 Å². The summed E-state index contributed by atoms with van der Waals surface area (Å²) < 4.78 is 5.14. The van der Waals surface area contributed by atoms with E-state index in [2.05, 4.69) is 15.0 Å². The van der Waals surface area contributed by atoms with Crippen LogP contribution in [0.1, 0.15) is 30.5 Å². The van der Waals surface area contributed by atoms with Crippen LogP contribution in [0.5, 0.6) is 5.88 Å². The Morgan fingerprint density at radius 1 is 1.05 bits per heavy atom. The minimum absolute atomic E-state index is 0.555. The summed E-state index contributed by atoms with van der Waals surface area (Å²) in [7, 11) is 1.60. The van der Waals surface area contributed by atoms with Gasteiger partial charge in [-0.2, -0.15) is 0 Å². The van der Waals surface area contributed by atoms with Gasteiger partial charge in [0.25, 0.3) is 0 Å². The molecule has 3 rings (SSSR count). The van der Waals surface area contributed by atoms with Crippen molar-refractivity contribution in [3.8, 4) is 17.4 Å². The first-order chi connectivity index (χ1) is 9.78. The minimum Gasteiger partial charge on any atom is -0.481 e. The number of nitrogens with zero attached hydrogens (tertiary/aromatic N) is 3. The highest BCUT2D eigenvalue weighted by molar-refractivity contribution is 5.56. The van der Waals surface area contributed by atoms with Gasteiger partial charge in [-0.15, -0.1) is 0 Å².